The highest BCUT2D eigenvalue weighted by atomic mass is 32.2. The van der Waals surface area contributed by atoms with Crippen molar-refractivity contribution in [1.82, 2.24) is 0 Å². The smallest absolute Gasteiger partial charge is 0.326 e. The lowest BCUT2D eigenvalue weighted by molar-refractivity contribution is -0.148. The van der Waals surface area contributed by atoms with Crippen LogP contribution in [0.2, 0.25) is 0 Å². The Morgan fingerprint density at radius 1 is 1.55 bits per heavy atom. The molecular formula is C16H23NO2S. The van der Waals surface area contributed by atoms with Crippen molar-refractivity contribution in [3.8, 4) is 0 Å². The predicted octanol–water partition coefficient (Wildman–Crippen LogP) is 3.15. The van der Waals surface area contributed by atoms with Crippen molar-refractivity contribution >= 4 is 17.7 Å². The van der Waals surface area contributed by atoms with Gasteiger partial charge in [0.1, 0.15) is 5.54 Å². The molecule has 0 radical (unpaired) electrons. The molecule has 4 heteroatoms. The van der Waals surface area contributed by atoms with Crippen LogP contribution < -0.4 is 5.73 Å². The first-order chi connectivity index (χ1) is 9.56. The Kier molecular flexibility index (Phi) is 5.11. The van der Waals surface area contributed by atoms with E-state index in [1.54, 1.807) is 0 Å². The first-order valence-corrected chi connectivity index (χ1v) is 8.11. The number of aryl methyl sites for hydroxylation is 1. The minimum Gasteiger partial charge on any atom is -0.468 e. The fraction of sp³-hybridized carbons (Fsp3) is 0.562. The van der Waals surface area contributed by atoms with Crippen LogP contribution >= 0.6 is 11.8 Å². The van der Waals surface area contributed by atoms with Gasteiger partial charge in [0, 0.05) is 4.90 Å². The Balaban J connectivity index is 1.89. The second-order valence-corrected chi connectivity index (χ2v) is 6.74. The zero-order chi connectivity index (χ0) is 14.6. The molecule has 0 bridgehead atoms. The van der Waals surface area contributed by atoms with Gasteiger partial charge in [-0.05, 0) is 50.0 Å². The second-order valence-electron chi connectivity index (χ2n) is 5.57. The molecule has 1 aromatic carbocycles. The number of methoxy groups -OCH3 is 1. The van der Waals surface area contributed by atoms with Gasteiger partial charge in [0.05, 0.1) is 7.11 Å². The normalized spacial score (nSPS) is 25.6. The Hall–Kier alpha value is -1.00. The van der Waals surface area contributed by atoms with Crippen LogP contribution in [0.1, 0.15) is 31.2 Å². The van der Waals surface area contributed by atoms with Crippen LogP contribution in [0.15, 0.2) is 29.2 Å². The Labute approximate surface area is 125 Å². The van der Waals surface area contributed by atoms with Gasteiger partial charge in [-0.15, -0.1) is 11.8 Å². The average Bonchev–Trinajstić information content (AvgIpc) is 2.81. The van der Waals surface area contributed by atoms with Crippen LogP contribution in [-0.2, 0) is 9.53 Å². The van der Waals surface area contributed by atoms with Crippen LogP contribution in [0, 0.1) is 12.8 Å². The van der Waals surface area contributed by atoms with Crippen molar-refractivity contribution in [3.05, 3.63) is 29.8 Å². The number of thioether (sulfide) groups is 1. The van der Waals surface area contributed by atoms with Crippen LogP contribution in [0.5, 0.6) is 0 Å². The van der Waals surface area contributed by atoms with Gasteiger partial charge in [-0.2, -0.15) is 0 Å². The molecule has 2 unspecified atom stereocenters. The molecule has 2 atom stereocenters. The Morgan fingerprint density at radius 3 is 3.05 bits per heavy atom. The van der Waals surface area contributed by atoms with Gasteiger partial charge in [-0.1, -0.05) is 24.1 Å². The molecule has 1 saturated carbocycles. The van der Waals surface area contributed by atoms with Crippen molar-refractivity contribution < 1.29 is 9.53 Å². The highest BCUT2D eigenvalue weighted by Crippen LogP contribution is 2.38. The van der Waals surface area contributed by atoms with Crippen molar-refractivity contribution in [2.45, 2.75) is 43.0 Å². The summed E-state index contributed by atoms with van der Waals surface area (Å²) in [5, 5.41) is 0. The molecule has 1 fully saturated rings. The van der Waals surface area contributed by atoms with Gasteiger partial charge < -0.3 is 10.5 Å². The van der Waals surface area contributed by atoms with E-state index in [2.05, 4.69) is 31.2 Å². The summed E-state index contributed by atoms with van der Waals surface area (Å²) in [6.45, 7) is 2.10. The summed E-state index contributed by atoms with van der Waals surface area (Å²) in [5.74, 6) is 0.983. The topological polar surface area (TPSA) is 52.3 Å². The van der Waals surface area contributed by atoms with Crippen molar-refractivity contribution in [1.29, 1.82) is 0 Å². The molecule has 1 aliphatic rings. The summed E-state index contributed by atoms with van der Waals surface area (Å²) < 4.78 is 4.88. The molecule has 1 aromatic rings. The maximum absolute atomic E-state index is 11.9. The van der Waals surface area contributed by atoms with E-state index in [0.29, 0.717) is 0 Å². The zero-order valence-corrected chi connectivity index (χ0v) is 13.0. The van der Waals surface area contributed by atoms with Gasteiger partial charge in [0.2, 0.25) is 0 Å². The molecule has 0 aliphatic heterocycles. The summed E-state index contributed by atoms with van der Waals surface area (Å²) in [7, 11) is 1.42. The number of benzene rings is 1. The number of carbonyl (C=O) groups is 1. The highest BCUT2D eigenvalue weighted by Gasteiger charge is 2.46. The first kappa shape index (κ1) is 15.4. The van der Waals surface area contributed by atoms with Gasteiger partial charge in [-0.25, -0.2) is 0 Å². The number of carbonyl (C=O) groups excluding carboxylic acids is 1. The summed E-state index contributed by atoms with van der Waals surface area (Å²) in [4.78, 5) is 13.2. The molecule has 0 saturated heterocycles. The summed E-state index contributed by atoms with van der Waals surface area (Å²) in [6.07, 6.45) is 3.76. The van der Waals surface area contributed by atoms with E-state index in [4.69, 9.17) is 10.5 Å². The maximum atomic E-state index is 11.9. The number of hydrogen-bond acceptors (Lipinski definition) is 4. The monoisotopic (exact) mass is 293 g/mol. The number of hydrogen-bond donors (Lipinski definition) is 1. The Bertz CT molecular complexity index is 477. The minimum atomic E-state index is -0.762. The van der Waals surface area contributed by atoms with Crippen LogP contribution in [0.3, 0.4) is 0 Å². The zero-order valence-electron chi connectivity index (χ0n) is 12.2. The summed E-state index contributed by atoms with van der Waals surface area (Å²) >= 11 is 1.83. The molecule has 110 valence electrons. The third-order valence-corrected chi connectivity index (χ3v) is 5.19. The molecule has 3 nitrogen and oxygen atoms in total. The van der Waals surface area contributed by atoms with Gasteiger partial charge in [0.15, 0.2) is 0 Å². The van der Waals surface area contributed by atoms with E-state index in [9.17, 15) is 4.79 Å². The number of ether oxygens (including phenoxy) is 1. The second kappa shape index (κ2) is 6.64. The van der Waals surface area contributed by atoms with Crippen LogP contribution in [0.25, 0.3) is 0 Å². The SMILES string of the molecule is COC(=O)C1(N)CCCC1CCSc1cccc(C)c1. The molecule has 0 heterocycles. The van der Waals surface area contributed by atoms with E-state index in [-0.39, 0.29) is 11.9 Å². The van der Waals surface area contributed by atoms with Crippen molar-refractivity contribution in [3.63, 3.8) is 0 Å². The van der Waals surface area contributed by atoms with Crippen molar-refractivity contribution in [2.24, 2.45) is 11.7 Å². The highest BCUT2D eigenvalue weighted by molar-refractivity contribution is 7.99. The maximum Gasteiger partial charge on any atom is 0.326 e. The van der Waals surface area contributed by atoms with E-state index >= 15 is 0 Å². The fourth-order valence-electron chi connectivity index (χ4n) is 2.99. The van der Waals surface area contributed by atoms with Gasteiger partial charge >= 0.3 is 5.97 Å². The average molecular weight is 293 g/mol. The predicted molar refractivity (Wildman–Crippen MR) is 82.8 cm³/mol. The molecule has 2 N–H and O–H groups in total. The minimum absolute atomic E-state index is 0.243. The van der Waals surface area contributed by atoms with Crippen LogP contribution in [-0.4, -0.2) is 24.4 Å². The van der Waals surface area contributed by atoms with Crippen LogP contribution in [0.4, 0.5) is 0 Å². The van der Waals surface area contributed by atoms with E-state index in [1.165, 1.54) is 17.6 Å². The number of esters is 1. The molecule has 2 rings (SSSR count). The number of rotatable bonds is 5. The lowest BCUT2D eigenvalue weighted by atomic mass is 9.86. The molecule has 0 spiro atoms. The standard InChI is InChI=1S/C16H23NO2S/c1-12-5-3-7-14(11-12)20-10-8-13-6-4-9-16(13,17)15(18)19-2/h3,5,7,11,13H,4,6,8-10,17H2,1-2H3. The summed E-state index contributed by atoms with van der Waals surface area (Å²) in [5.41, 5.74) is 6.79. The molecule has 1 aliphatic carbocycles. The molecular weight excluding hydrogens is 270 g/mol. The number of nitrogens with two attached hydrogens (primary N) is 1. The fourth-order valence-corrected chi connectivity index (χ4v) is 4.07. The van der Waals surface area contributed by atoms with Gasteiger partial charge in [-0.3, -0.25) is 4.79 Å². The molecule has 20 heavy (non-hydrogen) atoms. The molecule has 0 amide bonds. The first-order valence-electron chi connectivity index (χ1n) is 7.13. The lowest BCUT2D eigenvalue weighted by Gasteiger charge is -2.28. The third kappa shape index (κ3) is 3.36. The van der Waals surface area contributed by atoms with E-state index in [1.807, 2.05) is 11.8 Å². The van der Waals surface area contributed by atoms with Crippen molar-refractivity contribution in [2.75, 3.05) is 12.9 Å². The Morgan fingerprint density at radius 2 is 2.35 bits per heavy atom. The van der Waals surface area contributed by atoms with E-state index < -0.39 is 5.54 Å². The molecule has 0 aromatic heterocycles. The third-order valence-electron chi connectivity index (χ3n) is 4.16. The largest absolute Gasteiger partial charge is 0.468 e. The summed E-state index contributed by atoms with van der Waals surface area (Å²) in [6, 6.07) is 8.50. The quantitative estimate of drug-likeness (QED) is 0.669. The lowest BCUT2D eigenvalue weighted by Crippen LogP contribution is -2.51. The van der Waals surface area contributed by atoms with E-state index in [0.717, 1.165) is 31.4 Å². The van der Waals surface area contributed by atoms with Gasteiger partial charge in [0.25, 0.3) is 0 Å².